The van der Waals surface area contributed by atoms with E-state index in [1.165, 1.54) is 13.8 Å². The molecule has 0 rings (SSSR count). The monoisotopic (exact) mass is 431 g/mol. The van der Waals surface area contributed by atoms with Gasteiger partial charge >= 0.3 is 5.97 Å². The van der Waals surface area contributed by atoms with E-state index in [9.17, 15) is 29.4 Å². The third-order valence-corrected chi connectivity index (χ3v) is 4.48. The zero-order chi connectivity index (χ0) is 23.4. The molecular formula is C19H37N5O6. The Morgan fingerprint density at radius 1 is 0.867 bits per heavy atom. The fourth-order valence-corrected chi connectivity index (χ4v) is 2.62. The maximum Gasteiger partial charge on any atom is 0.326 e. The molecule has 0 aromatic heterocycles. The molecule has 0 heterocycles. The summed E-state index contributed by atoms with van der Waals surface area (Å²) in [5.41, 5.74) is 11.1. The highest BCUT2D eigenvalue weighted by Crippen LogP contribution is 2.06. The second-order valence-electron chi connectivity index (χ2n) is 7.87. The molecule has 3 amide bonds. The molecule has 0 aliphatic rings. The number of hydrogen-bond acceptors (Lipinski definition) is 7. The van der Waals surface area contributed by atoms with E-state index in [0.29, 0.717) is 19.4 Å². The predicted molar refractivity (Wildman–Crippen MR) is 111 cm³/mol. The number of rotatable bonds is 14. The van der Waals surface area contributed by atoms with Crippen molar-refractivity contribution in [1.82, 2.24) is 16.0 Å². The first-order chi connectivity index (χ1) is 13.9. The lowest BCUT2D eigenvalue weighted by atomic mass is 10.0. The molecule has 5 unspecified atom stereocenters. The molecule has 0 spiro atoms. The van der Waals surface area contributed by atoms with E-state index in [4.69, 9.17) is 11.5 Å². The highest BCUT2D eigenvalue weighted by molar-refractivity contribution is 5.93. The number of hydrogen-bond donors (Lipinski definition) is 7. The number of carboxylic acid groups (broad SMARTS) is 1. The van der Waals surface area contributed by atoms with Crippen LogP contribution in [-0.4, -0.2) is 70.7 Å². The summed E-state index contributed by atoms with van der Waals surface area (Å²) in [7, 11) is 0. The molecule has 0 saturated heterocycles. The quantitative estimate of drug-likeness (QED) is 0.160. The van der Waals surface area contributed by atoms with Gasteiger partial charge < -0.3 is 37.6 Å². The summed E-state index contributed by atoms with van der Waals surface area (Å²) in [5.74, 6) is -3.07. The summed E-state index contributed by atoms with van der Waals surface area (Å²) in [6.45, 7) is 6.86. The summed E-state index contributed by atoms with van der Waals surface area (Å²) in [5, 5.41) is 26.1. The number of aliphatic hydroxyl groups excluding tert-OH is 1. The predicted octanol–water partition coefficient (Wildman–Crippen LogP) is -1.57. The number of carboxylic acids is 1. The van der Waals surface area contributed by atoms with Crippen LogP contribution < -0.4 is 27.4 Å². The van der Waals surface area contributed by atoms with Crippen molar-refractivity contribution in [2.45, 2.75) is 83.6 Å². The lowest BCUT2D eigenvalue weighted by Gasteiger charge is -2.24. The SMILES string of the molecule is CC(C)CC(NC(=O)C(C)NC(=O)C(CCCCN)NC(=O)C(N)C(C)O)C(=O)O. The largest absolute Gasteiger partial charge is 0.480 e. The van der Waals surface area contributed by atoms with Gasteiger partial charge in [-0.15, -0.1) is 0 Å². The third-order valence-electron chi connectivity index (χ3n) is 4.48. The minimum atomic E-state index is -1.21. The molecule has 174 valence electrons. The third kappa shape index (κ3) is 10.5. The second-order valence-corrected chi connectivity index (χ2v) is 7.87. The van der Waals surface area contributed by atoms with Crippen molar-refractivity contribution >= 4 is 23.7 Å². The van der Waals surface area contributed by atoms with Crippen LogP contribution in [-0.2, 0) is 19.2 Å². The Bertz CT molecular complexity index is 584. The molecule has 0 bridgehead atoms. The highest BCUT2D eigenvalue weighted by Gasteiger charge is 2.29. The normalized spacial score (nSPS) is 16.1. The van der Waals surface area contributed by atoms with Gasteiger partial charge in [0.05, 0.1) is 6.10 Å². The van der Waals surface area contributed by atoms with E-state index < -0.39 is 54.0 Å². The molecular weight excluding hydrogens is 394 g/mol. The zero-order valence-electron chi connectivity index (χ0n) is 18.2. The fraction of sp³-hybridized carbons (Fsp3) is 0.789. The molecule has 30 heavy (non-hydrogen) atoms. The lowest BCUT2D eigenvalue weighted by Crippen LogP contribution is -2.57. The smallest absolute Gasteiger partial charge is 0.326 e. The van der Waals surface area contributed by atoms with Gasteiger partial charge in [0.1, 0.15) is 24.2 Å². The van der Waals surface area contributed by atoms with E-state index in [0.717, 1.165) is 0 Å². The van der Waals surface area contributed by atoms with Crippen LogP contribution in [0.2, 0.25) is 0 Å². The van der Waals surface area contributed by atoms with Gasteiger partial charge in [0.25, 0.3) is 0 Å². The Morgan fingerprint density at radius 3 is 1.90 bits per heavy atom. The van der Waals surface area contributed by atoms with Crippen molar-refractivity contribution in [3.8, 4) is 0 Å². The van der Waals surface area contributed by atoms with E-state index in [-0.39, 0.29) is 18.8 Å². The summed E-state index contributed by atoms with van der Waals surface area (Å²) in [4.78, 5) is 48.4. The molecule has 0 aromatic rings. The van der Waals surface area contributed by atoms with Crippen LogP contribution in [0.15, 0.2) is 0 Å². The molecule has 0 saturated carbocycles. The van der Waals surface area contributed by atoms with Crippen molar-refractivity contribution < 1.29 is 29.4 Å². The van der Waals surface area contributed by atoms with Gasteiger partial charge in [-0.3, -0.25) is 14.4 Å². The average Bonchev–Trinajstić information content (AvgIpc) is 2.65. The van der Waals surface area contributed by atoms with Gasteiger partial charge in [-0.2, -0.15) is 0 Å². The summed E-state index contributed by atoms with van der Waals surface area (Å²) < 4.78 is 0. The maximum atomic E-state index is 12.6. The number of nitrogens with one attached hydrogen (secondary N) is 3. The first-order valence-electron chi connectivity index (χ1n) is 10.2. The molecule has 0 radical (unpaired) electrons. The Kier molecular flexibility index (Phi) is 12.8. The molecule has 11 heteroatoms. The van der Waals surface area contributed by atoms with Gasteiger partial charge in [0.15, 0.2) is 0 Å². The number of carbonyl (C=O) groups is 4. The number of amides is 3. The fourth-order valence-electron chi connectivity index (χ4n) is 2.62. The van der Waals surface area contributed by atoms with Crippen molar-refractivity contribution in [3.05, 3.63) is 0 Å². The first kappa shape index (κ1) is 27.8. The van der Waals surface area contributed by atoms with E-state index >= 15 is 0 Å². The summed E-state index contributed by atoms with van der Waals surface area (Å²) in [6, 6.07) is -4.27. The van der Waals surface area contributed by atoms with Gasteiger partial charge in [0.2, 0.25) is 17.7 Å². The van der Waals surface area contributed by atoms with E-state index in [1.54, 1.807) is 0 Å². The average molecular weight is 432 g/mol. The zero-order valence-corrected chi connectivity index (χ0v) is 18.2. The van der Waals surface area contributed by atoms with Gasteiger partial charge in [-0.1, -0.05) is 13.8 Å². The van der Waals surface area contributed by atoms with E-state index in [1.807, 2.05) is 13.8 Å². The minimum absolute atomic E-state index is 0.0524. The van der Waals surface area contributed by atoms with Gasteiger partial charge in [-0.25, -0.2) is 4.79 Å². The van der Waals surface area contributed by atoms with Crippen LogP contribution in [0.4, 0.5) is 0 Å². The van der Waals surface area contributed by atoms with Crippen molar-refractivity contribution in [3.63, 3.8) is 0 Å². The van der Waals surface area contributed by atoms with Crippen molar-refractivity contribution in [1.29, 1.82) is 0 Å². The molecule has 0 fully saturated rings. The summed E-state index contributed by atoms with van der Waals surface area (Å²) in [6.07, 6.45) is 0.594. The minimum Gasteiger partial charge on any atom is -0.480 e. The number of aliphatic hydroxyl groups is 1. The van der Waals surface area contributed by atoms with Crippen LogP contribution in [0.3, 0.4) is 0 Å². The Labute approximate surface area is 177 Å². The van der Waals surface area contributed by atoms with Gasteiger partial charge in [0, 0.05) is 0 Å². The Hall–Kier alpha value is -2.24. The molecule has 0 aromatic carbocycles. The van der Waals surface area contributed by atoms with Crippen LogP contribution in [0, 0.1) is 5.92 Å². The van der Waals surface area contributed by atoms with Crippen LogP contribution in [0.25, 0.3) is 0 Å². The first-order valence-corrected chi connectivity index (χ1v) is 10.2. The molecule has 5 atom stereocenters. The molecule has 0 aliphatic carbocycles. The van der Waals surface area contributed by atoms with Crippen molar-refractivity contribution in [2.75, 3.05) is 6.54 Å². The second kappa shape index (κ2) is 13.9. The summed E-state index contributed by atoms with van der Waals surface area (Å²) >= 11 is 0. The number of aliphatic carboxylic acids is 1. The topological polar surface area (TPSA) is 197 Å². The van der Waals surface area contributed by atoms with Gasteiger partial charge in [-0.05, 0) is 52.0 Å². The van der Waals surface area contributed by atoms with E-state index in [2.05, 4.69) is 16.0 Å². The Balaban J connectivity index is 5.06. The Morgan fingerprint density at radius 2 is 1.43 bits per heavy atom. The standard InChI is InChI=1S/C19H37N5O6/c1-10(2)9-14(19(29)30)24-16(26)11(3)22-17(27)13(7-5-6-8-20)23-18(28)15(21)12(4)25/h10-15,25H,5-9,20-21H2,1-4H3,(H,22,27)(H,23,28)(H,24,26)(H,29,30). The van der Waals surface area contributed by atoms with Crippen molar-refractivity contribution in [2.24, 2.45) is 17.4 Å². The molecule has 9 N–H and O–H groups in total. The number of unbranched alkanes of at least 4 members (excludes halogenated alkanes) is 1. The van der Waals surface area contributed by atoms with Crippen LogP contribution in [0.1, 0.15) is 53.4 Å². The number of nitrogens with two attached hydrogens (primary N) is 2. The van der Waals surface area contributed by atoms with Crippen LogP contribution >= 0.6 is 0 Å². The molecule has 11 nitrogen and oxygen atoms in total. The van der Waals surface area contributed by atoms with Crippen LogP contribution in [0.5, 0.6) is 0 Å². The lowest BCUT2D eigenvalue weighted by molar-refractivity contribution is -0.142. The highest BCUT2D eigenvalue weighted by atomic mass is 16.4. The number of carbonyl (C=O) groups excluding carboxylic acids is 3. The molecule has 0 aliphatic heterocycles. The maximum absolute atomic E-state index is 12.6.